The summed E-state index contributed by atoms with van der Waals surface area (Å²) in [5, 5.41) is 18.9. The Bertz CT molecular complexity index is 614. The first-order valence-corrected chi connectivity index (χ1v) is 5.91. The fourth-order valence-electron chi connectivity index (χ4n) is 1.70. The Labute approximate surface area is 108 Å². The molecule has 2 rings (SSSR count). The number of aromatic hydroxyl groups is 1. The molecular formula is C14H10BrNO. The molecule has 0 aliphatic carbocycles. The minimum absolute atomic E-state index is 0.162. The Kier molecular flexibility index (Phi) is 3.16. The molecule has 0 spiro atoms. The van der Waals surface area contributed by atoms with E-state index in [2.05, 4.69) is 22.0 Å². The van der Waals surface area contributed by atoms with Gasteiger partial charge >= 0.3 is 0 Å². The lowest BCUT2D eigenvalue weighted by molar-refractivity contribution is 0.474. The van der Waals surface area contributed by atoms with E-state index in [-0.39, 0.29) is 5.75 Å². The van der Waals surface area contributed by atoms with Crippen LogP contribution in [0.25, 0.3) is 11.1 Å². The summed E-state index contributed by atoms with van der Waals surface area (Å²) in [6.45, 7) is 1.99. The molecule has 0 bridgehead atoms. The molecule has 2 aromatic rings. The van der Waals surface area contributed by atoms with Gasteiger partial charge in [-0.05, 0) is 40.5 Å². The van der Waals surface area contributed by atoms with Gasteiger partial charge in [-0.3, -0.25) is 0 Å². The Balaban J connectivity index is 2.67. The van der Waals surface area contributed by atoms with Gasteiger partial charge in [0, 0.05) is 5.56 Å². The lowest BCUT2D eigenvalue weighted by atomic mass is 10.0. The fraction of sp³-hybridized carbons (Fsp3) is 0.0714. The first-order chi connectivity index (χ1) is 8.11. The monoisotopic (exact) mass is 287 g/mol. The minimum Gasteiger partial charge on any atom is -0.506 e. The zero-order chi connectivity index (χ0) is 12.4. The third-order valence-electron chi connectivity index (χ3n) is 2.52. The first kappa shape index (κ1) is 11.7. The Morgan fingerprint density at radius 3 is 2.65 bits per heavy atom. The van der Waals surface area contributed by atoms with Gasteiger partial charge in [-0.15, -0.1) is 0 Å². The van der Waals surface area contributed by atoms with Crippen LogP contribution in [0.3, 0.4) is 0 Å². The summed E-state index contributed by atoms with van der Waals surface area (Å²) in [4.78, 5) is 0. The maximum Gasteiger partial charge on any atom is 0.137 e. The molecule has 3 heteroatoms. The number of phenols is 1. The number of hydrogen-bond donors (Lipinski definition) is 1. The van der Waals surface area contributed by atoms with Gasteiger partial charge in [-0.2, -0.15) is 5.26 Å². The molecule has 0 unspecified atom stereocenters. The number of phenolic OH excluding ortho intramolecular Hbond substituents is 1. The molecule has 0 aliphatic rings. The van der Waals surface area contributed by atoms with Gasteiger partial charge in [-0.25, -0.2) is 0 Å². The van der Waals surface area contributed by atoms with Crippen molar-refractivity contribution in [3.05, 3.63) is 52.0 Å². The normalized spacial score (nSPS) is 9.94. The summed E-state index contributed by atoms with van der Waals surface area (Å²) in [6.07, 6.45) is 0. The quantitative estimate of drug-likeness (QED) is 0.861. The molecule has 1 N–H and O–H groups in total. The molecule has 17 heavy (non-hydrogen) atoms. The molecule has 0 saturated carbocycles. The van der Waals surface area contributed by atoms with Crippen LogP contribution in [0, 0.1) is 18.3 Å². The third-order valence-corrected chi connectivity index (χ3v) is 3.13. The maximum atomic E-state index is 10.0. The van der Waals surface area contributed by atoms with Crippen molar-refractivity contribution in [2.24, 2.45) is 0 Å². The number of benzene rings is 2. The van der Waals surface area contributed by atoms with Crippen LogP contribution >= 0.6 is 15.9 Å². The van der Waals surface area contributed by atoms with Gasteiger partial charge < -0.3 is 5.11 Å². The fourth-order valence-corrected chi connectivity index (χ4v) is 2.16. The van der Waals surface area contributed by atoms with E-state index in [0.717, 1.165) is 11.1 Å². The van der Waals surface area contributed by atoms with Crippen LogP contribution in [0.1, 0.15) is 11.1 Å². The van der Waals surface area contributed by atoms with Crippen molar-refractivity contribution in [1.82, 2.24) is 0 Å². The van der Waals surface area contributed by atoms with E-state index in [9.17, 15) is 5.11 Å². The number of halogens is 1. The van der Waals surface area contributed by atoms with Crippen LogP contribution in [0.15, 0.2) is 40.9 Å². The van der Waals surface area contributed by atoms with Crippen LogP contribution < -0.4 is 0 Å². The number of hydrogen-bond acceptors (Lipinski definition) is 2. The lowest BCUT2D eigenvalue weighted by Crippen LogP contribution is -1.84. The first-order valence-electron chi connectivity index (χ1n) is 5.11. The lowest BCUT2D eigenvalue weighted by Gasteiger charge is -2.08. The number of rotatable bonds is 1. The highest BCUT2D eigenvalue weighted by Gasteiger charge is 2.10. The van der Waals surface area contributed by atoms with Crippen molar-refractivity contribution in [1.29, 1.82) is 5.26 Å². The van der Waals surface area contributed by atoms with Gasteiger partial charge in [0.2, 0.25) is 0 Å². The zero-order valence-corrected chi connectivity index (χ0v) is 10.8. The molecule has 0 radical (unpaired) electrons. The molecule has 84 valence electrons. The SMILES string of the molecule is Cc1cccc(-c2cc(C#N)cc(Br)c2O)c1. The molecular weight excluding hydrogens is 278 g/mol. The highest BCUT2D eigenvalue weighted by molar-refractivity contribution is 9.10. The highest BCUT2D eigenvalue weighted by atomic mass is 79.9. The summed E-state index contributed by atoms with van der Waals surface area (Å²) >= 11 is 3.25. The molecule has 0 amide bonds. The van der Waals surface area contributed by atoms with Crippen LogP contribution in [0.5, 0.6) is 5.75 Å². The summed E-state index contributed by atoms with van der Waals surface area (Å²) in [5.74, 6) is 0.162. The number of aryl methyl sites for hydroxylation is 1. The van der Waals surface area contributed by atoms with Crippen LogP contribution in [-0.2, 0) is 0 Å². The van der Waals surface area contributed by atoms with Crippen molar-refractivity contribution in [3.63, 3.8) is 0 Å². The number of nitrogens with zero attached hydrogens (tertiary/aromatic N) is 1. The molecule has 2 aromatic carbocycles. The Morgan fingerprint density at radius 2 is 2.00 bits per heavy atom. The van der Waals surface area contributed by atoms with Gasteiger partial charge in [0.1, 0.15) is 5.75 Å². The van der Waals surface area contributed by atoms with Gasteiger partial charge in [0.25, 0.3) is 0 Å². The third kappa shape index (κ3) is 2.32. The van der Waals surface area contributed by atoms with Crippen LogP contribution in [0.4, 0.5) is 0 Å². The second-order valence-corrected chi connectivity index (χ2v) is 4.69. The Morgan fingerprint density at radius 1 is 1.24 bits per heavy atom. The van der Waals surface area contributed by atoms with Gasteiger partial charge in [-0.1, -0.05) is 29.8 Å². The summed E-state index contributed by atoms with van der Waals surface area (Å²) in [5.41, 5.74) is 3.20. The van der Waals surface area contributed by atoms with E-state index in [1.165, 1.54) is 0 Å². The van der Waals surface area contributed by atoms with Gasteiger partial charge in [0.05, 0.1) is 16.1 Å². The largest absolute Gasteiger partial charge is 0.506 e. The topological polar surface area (TPSA) is 44.0 Å². The van der Waals surface area contributed by atoms with E-state index >= 15 is 0 Å². The summed E-state index contributed by atoms with van der Waals surface area (Å²) in [6, 6.07) is 13.2. The van der Waals surface area contributed by atoms with E-state index < -0.39 is 0 Å². The molecule has 0 aliphatic heterocycles. The van der Waals surface area contributed by atoms with Crippen molar-refractivity contribution < 1.29 is 5.11 Å². The molecule has 2 nitrogen and oxygen atoms in total. The van der Waals surface area contributed by atoms with Gasteiger partial charge in [0.15, 0.2) is 0 Å². The second kappa shape index (κ2) is 4.60. The predicted octanol–water partition coefficient (Wildman–Crippen LogP) is 4.00. The molecule has 0 aromatic heterocycles. The smallest absolute Gasteiger partial charge is 0.137 e. The van der Waals surface area contributed by atoms with Crippen LogP contribution in [-0.4, -0.2) is 5.11 Å². The van der Waals surface area contributed by atoms with E-state index in [1.807, 2.05) is 31.2 Å². The van der Waals surface area contributed by atoms with Crippen LogP contribution in [0.2, 0.25) is 0 Å². The summed E-state index contributed by atoms with van der Waals surface area (Å²) in [7, 11) is 0. The average Bonchev–Trinajstić information content (AvgIpc) is 2.32. The second-order valence-electron chi connectivity index (χ2n) is 3.84. The summed E-state index contributed by atoms with van der Waals surface area (Å²) < 4.78 is 0.535. The Hall–Kier alpha value is -1.79. The van der Waals surface area contributed by atoms with Crippen molar-refractivity contribution >= 4 is 15.9 Å². The predicted molar refractivity (Wildman–Crippen MR) is 70.7 cm³/mol. The number of nitriles is 1. The minimum atomic E-state index is 0.162. The van der Waals surface area contributed by atoms with E-state index in [0.29, 0.717) is 15.6 Å². The van der Waals surface area contributed by atoms with E-state index in [1.54, 1.807) is 12.1 Å². The van der Waals surface area contributed by atoms with E-state index in [4.69, 9.17) is 5.26 Å². The molecule has 0 fully saturated rings. The molecule has 0 saturated heterocycles. The zero-order valence-electron chi connectivity index (χ0n) is 9.24. The van der Waals surface area contributed by atoms with Crippen molar-refractivity contribution in [2.45, 2.75) is 6.92 Å². The van der Waals surface area contributed by atoms with Crippen molar-refractivity contribution in [2.75, 3.05) is 0 Å². The molecule has 0 atom stereocenters. The maximum absolute atomic E-state index is 10.0. The average molecular weight is 288 g/mol. The standard InChI is InChI=1S/C14H10BrNO/c1-9-3-2-4-11(5-9)12-6-10(8-16)7-13(15)14(12)17/h2-7,17H,1H3. The molecule has 0 heterocycles. The van der Waals surface area contributed by atoms with Crippen molar-refractivity contribution in [3.8, 4) is 22.9 Å². The highest BCUT2D eigenvalue weighted by Crippen LogP contribution is 2.36.